The van der Waals surface area contributed by atoms with Crippen LogP contribution in [0, 0.1) is 0 Å². The lowest BCUT2D eigenvalue weighted by Crippen LogP contribution is -2.40. The van der Waals surface area contributed by atoms with Crippen LogP contribution < -0.4 is 10.6 Å². The predicted octanol–water partition coefficient (Wildman–Crippen LogP) is 1.16. The lowest BCUT2D eigenvalue weighted by molar-refractivity contribution is -0.120. The molecule has 1 saturated heterocycles. The Hall–Kier alpha value is -2.44. The third-order valence-electron chi connectivity index (χ3n) is 4.75. The Bertz CT molecular complexity index is 763. The third-order valence-corrected chi connectivity index (χ3v) is 4.75. The Labute approximate surface area is 133 Å². The Morgan fingerprint density at radius 2 is 2.09 bits per heavy atom. The van der Waals surface area contributed by atoms with Gasteiger partial charge in [-0.3, -0.25) is 9.59 Å². The number of pyridine rings is 1. The molecule has 0 radical (unpaired) electrons. The van der Waals surface area contributed by atoms with Crippen molar-refractivity contribution < 1.29 is 9.59 Å². The predicted molar refractivity (Wildman–Crippen MR) is 83.9 cm³/mol. The molecule has 23 heavy (non-hydrogen) atoms. The van der Waals surface area contributed by atoms with Gasteiger partial charge in [0.25, 0.3) is 5.91 Å². The van der Waals surface area contributed by atoms with Crippen molar-refractivity contribution in [3.63, 3.8) is 0 Å². The first kappa shape index (κ1) is 14.2. The fourth-order valence-corrected chi connectivity index (χ4v) is 3.47. The Morgan fingerprint density at radius 1 is 1.26 bits per heavy atom. The zero-order valence-electron chi connectivity index (χ0n) is 12.8. The van der Waals surface area contributed by atoms with Crippen molar-refractivity contribution >= 4 is 23.0 Å². The van der Waals surface area contributed by atoms with Crippen molar-refractivity contribution in [1.29, 1.82) is 0 Å². The summed E-state index contributed by atoms with van der Waals surface area (Å²) in [6, 6.07) is 1.76. The summed E-state index contributed by atoms with van der Waals surface area (Å²) in [6.07, 6.45) is 8.81. The van der Waals surface area contributed by atoms with Gasteiger partial charge in [0.2, 0.25) is 5.91 Å². The van der Waals surface area contributed by atoms with Gasteiger partial charge in [0.1, 0.15) is 11.6 Å². The standard InChI is InChI=1S/C16H19N5O2/c22-15(20-12-5-6-17-16(12)23)10-7-13-14(18-8-10)21(9-19-13)11-3-1-2-4-11/h7-9,11-12H,1-6H2,(H,17,23)(H,20,22). The number of nitrogens with one attached hydrogen (secondary N) is 2. The van der Waals surface area contributed by atoms with Crippen LogP contribution in [0.1, 0.15) is 48.5 Å². The van der Waals surface area contributed by atoms with Crippen LogP contribution in [-0.4, -0.2) is 38.9 Å². The first-order valence-corrected chi connectivity index (χ1v) is 8.13. The number of fused-ring (bicyclic) bond motifs is 1. The molecule has 7 nitrogen and oxygen atoms in total. The molecular formula is C16H19N5O2. The number of imidazole rings is 1. The second-order valence-electron chi connectivity index (χ2n) is 6.26. The van der Waals surface area contributed by atoms with E-state index in [4.69, 9.17) is 0 Å². The van der Waals surface area contributed by atoms with E-state index in [1.807, 2.05) is 6.33 Å². The molecule has 1 unspecified atom stereocenters. The third kappa shape index (κ3) is 2.56. The highest BCUT2D eigenvalue weighted by Crippen LogP contribution is 2.31. The molecule has 0 bridgehead atoms. The van der Waals surface area contributed by atoms with Gasteiger partial charge in [-0.15, -0.1) is 0 Å². The van der Waals surface area contributed by atoms with E-state index in [2.05, 4.69) is 25.2 Å². The van der Waals surface area contributed by atoms with Crippen molar-refractivity contribution in [3.8, 4) is 0 Å². The average molecular weight is 313 g/mol. The maximum atomic E-state index is 12.3. The molecule has 2 aromatic rings. The van der Waals surface area contributed by atoms with Gasteiger partial charge in [0.15, 0.2) is 5.65 Å². The minimum absolute atomic E-state index is 0.127. The van der Waals surface area contributed by atoms with E-state index in [-0.39, 0.29) is 11.8 Å². The van der Waals surface area contributed by atoms with Gasteiger partial charge in [-0.25, -0.2) is 9.97 Å². The van der Waals surface area contributed by atoms with Gasteiger partial charge >= 0.3 is 0 Å². The van der Waals surface area contributed by atoms with E-state index >= 15 is 0 Å². The van der Waals surface area contributed by atoms with Gasteiger partial charge in [-0.2, -0.15) is 0 Å². The summed E-state index contributed by atoms with van der Waals surface area (Å²) in [7, 11) is 0. The van der Waals surface area contributed by atoms with Crippen LogP contribution in [0.15, 0.2) is 18.6 Å². The molecule has 0 spiro atoms. The van der Waals surface area contributed by atoms with E-state index in [1.54, 1.807) is 12.3 Å². The van der Waals surface area contributed by atoms with Crippen LogP contribution in [0.5, 0.6) is 0 Å². The molecule has 2 aromatic heterocycles. The highest BCUT2D eigenvalue weighted by atomic mass is 16.2. The summed E-state index contributed by atoms with van der Waals surface area (Å²) in [5, 5.41) is 5.45. The number of nitrogens with zero attached hydrogens (tertiary/aromatic N) is 3. The van der Waals surface area contributed by atoms with E-state index in [1.165, 1.54) is 12.8 Å². The fourth-order valence-electron chi connectivity index (χ4n) is 3.47. The number of amides is 2. The molecule has 120 valence electrons. The first-order valence-electron chi connectivity index (χ1n) is 8.13. The maximum Gasteiger partial charge on any atom is 0.253 e. The van der Waals surface area contributed by atoms with Crippen molar-refractivity contribution in [2.24, 2.45) is 0 Å². The van der Waals surface area contributed by atoms with E-state index < -0.39 is 6.04 Å². The van der Waals surface area contributed by atoms with Crippen LogP contribution in [0.4, 0.5) is 0 Å². The fraction of sp³-hybridized carbons (Fsp3) is 0.500. The quantitative estimate of drug-likeness (QED) is 0.890. The second kappa shape index (κ2) is 5.64. The molecule has 1 aliphatic heterocycles. The normalized spacial score (nSPS) is 21.7. The number of carbonyl (C=O) groups is 2. The number of aromatic nitrogens is 3. The Balaban J connectivity index is 1.56. The first-order chi connectivity index (χ1) is 11.2. The number of hydrogen-bond donors (Lipinski definition) is 2. The van der Waals surface area contributed by atoms with Crippen molar-refractivity contribution in [2.75, 3.05) is 6.54 Å². The highest BCUT2D eigenvalue weighted by Gasteiger charge is 2.26. The van der Waals surface area contributed by atoms with Gasteiger partial charge < -0.3 is 15.2 Å². The molecule has 2 amide bonds. The topological polar surface area (TPSA) is 88.9 Å². The highest BCUT2D eigenvalue weighted by molar-refractivity contribution is 5.99. The second-order valence-corrected chi connectivity index (χ2v) is 6.26. The number of rotatable bonds is 3. The molecule has 1 saturated carbocycles. The van der Waals surface area contributed by atoms with Crippen molar-refractivity contribution in [2.45, 2.75) is 44.2 Å². The smallest absolute Gasteiger partial charge is 0.253 e. The van der Waals surface area contributed by atoms with Crippen LogP contribution in [0.25, 0.3) is 11.2 Å². The Morgan fingerprint density at radius 3 is 2.83 bits per heavy atom. The molecular weight excluding hydrogens is 294 g/mol. The molecule has 1 atom stereocenters. The van der Waals surface area contributed by atoms with Crippen molar-refractivity contribution in [1.82, 2.24) is 25.2 Å². The number of carbonyl (C=O) groups excluding carboxylic acids is 2. The molecule has 2 fully saturated rings. The van der Waals surface area contributed by atoms with Gasteiger partial charge in [-0.05, 0) is 25.3 Å². The molecule has 1 aliphatic carbocycles. The molecule has 2 aliphatic rings. The minimum Gasteiger partial charge on any atom is -0.354 e. The summed E-state index contributed by atoms with van der Waals surface area (Å²) >= 11 is 0. The summed E-state index contributed by atoms with van der Waals surface area (Å²) in [4.78, 5) is 32.7. The van der Waals surface area contributed by atoms with Crippen LogP contribution >= 0.6 is 0 Å². The summed E-state index contributed by atoms with van der Waals surface area (Å²) in [5.41, 5.74) is 1.99. The summed E-state index contributed by atoms with van der Waals surface area (Å²) in [6.45, 7) is 0.604. The SMILES string of the molecule is O=C(NC1CCNC1=O)c1cnc2c(c1)ncn2C1CCCC1. The lowest BCUT2D eigenvalue weighted by atomic mass is 10.2. The average Bonchev–Trinajstić information content (AvgIpc) is 3.27. The van der Waals surface area contributed by atoms with Gasteiger partial charge in [0.05, 0.1) is 11.9 Å². The van der Waals surface area contributed by atoms with Crippen LogP contribution in [0.2, 0.25) is 0 Å². The molecule has 7 heteroatoms. The monoisotopic (exact) mass is 313 g/mol. The summed E-state index contributed by atoms with van der Waals surface area (Å²) < 4.78 is 2.12. The maximum absolute atomic E-state index is 12.3. The summed E-state index contributed by atoms with van der Waals surface area (Å²) in [5.74, 6) is -0.408. The largest absolute Gasteiger partial charge is 0.354 e. The lowest BCUT2D eigenvalue weighted by Gasteiger charge is -2.12. The van der Waals surface area contributed by atoms with E-state index in [0.717, 1.165) is 24.0 Å². The van der Waals surface area contributed by atoms with E-state index in [9.17, 15) is 9.59 Å². The van der Waals surface area contributed by atoms with Gasteiger partial charge in [0, 0.05) is 18.8 Å². The Kier molecular flexibility index (Phi) is 3.48. The number of hydrogen-bond acceptors (Lipinski definition) is 4. The van der Waals surface area contributed by atoms with Crippen molar-refractivity contribution in [3.05, 3.63) is 24.2 Å². The molecule has 2 N–H and O–H groups in total. The van der Waals surface area contributed by atoms with E-state index in [0.29, 0.717) is 24.6 Å². The zero-order chi connectivity index (χ0) is 15.8. The van der Waals surface area contributed by atoms with Crippen LogP contribution in [0.3, 0.4) is 0 Å². The van der Waals surface area contributed by atoms with Gasteiger partial charge in [-0.1, -0.05) is 12.8 Å². The zero-order valence-corrected chi connectivity index (χ0v) is 12.8. The molecule has 3 heterocycles. The molecule has 4 rings (SSSR count). The minimum atomic E-state index is -0.450. The molecule has 0 aromatic carbocycles. The van der Waals surface area contributed by atoms with Crippen LogP contribution in [-0.2, 0) is 4.79 Å².